The van der Waals surface area contributed by atoms with E-state index in [4.69, 9.17) is 0 Å². The van der Waals surface area contributed by atoms with Crippen LogP contribution in [0.25, 0.3) is 0 Å². The van der Waals surface area contributed by atoms with E-state index >= 15 is 0 Å². The van der Waals surface area contributed by atoms with E-state index in [2.05, 4.69) is 44.8 Å². The van der Waals surface area contributed by atoms with Crippen molar-refractivity contribution in [2.45, 2.75) is 53.1 Å². The summed E-state index contributed by atoms with van der Waals surface area (Å²) in [5, 5.41) is 3.48. The van der Waals surface area contributed by atoms with E-state index in [1.807, 2.05) is 0 Å². The van der Waals surface area contributed by atoms with Crippen molar-refractivity contribution < 1.29 is 0 Å². The van der Waals surface area contributed by atoms with Crippen molar-refractivity contribution >= 4 is 0 Å². The molecule has 1 N–H and O–H groups in total. The van der Waals surface area contributed by atoms with Crippen molar-refractivity contribution in [3.8, 4) is 0 Å². The SMILES string of the molecule is CCCN(CC)C(C)C(C)NCC. The summed E-state index contributed by atoms with van der Waals surface area (Å²) < 4.78 is 0. The largest absolute Gasteiger partial charge is 0.313 e. The van der Waals surface area contributed by atoms with Crippen molar-refractivity contribution in [1.82, 2.24) is 10.2 Å². The van der Waals surface area contributed by atoms with E-state index in [0.717, 1.165) is 13.1 Å². The third-order valence-electron chi connectivity index (χ3n) is 2.74. The summed E-state index contributed by atoms with van der Waals surface area (Å²) in [5.74, 6) is 0. The molecule has 0 fully saturated rings. The van der Waals surface area contributed by atoms with Gasteiger partial charge in [0.2, 0.25) is 0 Å². The highest BCUT2D eigenvalue weighted by Gasteiger charge is 2.16. The van der Waals surface area contributed by atoms with Crippen LogP contribution in [0.15, 0.2) is 0 Å². The Bertz CT molecular complexity index is 115. The van der Waals surface area contributed by atoms with Gasteiger partial charge in [0.25, 0.3) is 0 Å². The standard InChI is InChI=1S/C11H26N2/c1-6-9-13(8-3)11(5)10(4)12-7-2/h10-12H,6-9H2,1-5H3. The first-order chi connectivity index (χ1) is 6.17. The number of hydrogen-bond donors (Lipinski definition) is 1. The van der Waals surface area contributed by atoms with Crippen molar-refractivity contribution in [3.63, 3.8) is 0 Å². The molecule has 2 heteroatoms. The second-order valence-electron chi connectivity index (χ2n) is 3.72. The molecule has 2 unspecified atom stereocenters. The van der Waals surface area contributed by atoms with E-state index < -0.39 is 0 Å². The molecular formula is C11H26N2. The molecule has 0 saturated heterocycles. The highest BCUT2D eigenvalue weighted by Crippen LogP contribution is 2.04. The van der Waals surface area contributed by atoms with Gasteiger partial charge in [-0.25, -0.2) is 0 Å². The van der Waals surface area contributed by atoms with Crippen molar-refractivity contribution in [1.29, 1.82) is 0 Å². The Kier molecular flexibility index (Phi) is 7.29. The molecule has 0 aromatic heterocycles. The molecule has 0 rings (SSSR count). The minimum atomic E-state index is 0.594. The molecule has 13 heavy (non-hydrogen) atoms. The van der Waals surface area contributed by atoms with Gasteiger partial charge < -0.3 is 5.32 Å². The lowest BCUT2D eigenvalue weighted by atomic mass is 10.1. The molecular weight excluding hydrogens is 160 g/mol. The molecule has 0 aliphatic carbocycles. The maximum Gasteiger partial charge on any atom is 0.0218 e. The van der Waals surface area contributed by atoms with Crippen LogP contribution in [0.2, 0.25) is 0 Å². The topological polar surface area (TPSA) is 15.3 Å². The maximum absolute atomic E-state index is 3.48. The highest BCUT2D eigenvalue weighted by atomic mass is 15.2. The summed E-state index contributed by atoms with van der Waals surface area (Å²) in [5.41, 5.74) is 0. The predicted octanol–water partition coefficient (Wildman–Crippen LogP) is 2.10. The second kappa shape index (κ2) is 7.34. The van der Waals surface area contributed by atoms with Gasteiger partial charge in [-0.3, -0.25) is 4.90 Å². The molecule has 0 bridgehead atoms. The van der Waals surface area contributed by atoms with E-state index in [-0.39, 0.29) is 0 Å². The molecule has 0 heterocycles. The first-order valence-electron chi connectivity index (χ1n) is 5.64. The second-order valence-corrected chi connectivity index (χ2v) is 3.72. The Morgan fingerprint density at radius 1 is 1.15 bits per heavy atom. The normalized spacial score (nSPS) is 16.2. The Balaban J connectivity index is 3.94. The zero-order chi connectivity index (χ0) is 10.3. The van der Waals surface area contributed by atoms with Crippen LogP contribution in [0.3, 0.4) is 0 Å². The van der Waals surface area contributed by atoms with Gasteiger partial charge in [0.15, 0.2) is 0 Å². The highest BCUT2D eigenvalue weighted by molar-refractivity contribution is 4.76. The third-order valence-corrected chi connectivity index (χ3v) is 2.74. The summed E-state index contributed by atoms with van der Waals surface area (Å²) in [7, 11) is 0. The molecule has 0 aromatic carbocycles. The van der Waals surface area contributed by atoms with Gasteiger partial charge >= 0.3 is 0 Å². The molecule has 80 valence electrons. The van der Waals surface area contributed by atoms with Gasteiger partial charge in [0, 0.05) is 12.1 Å². The minimum absolute atomic E-state index is 0.594. The van der Waals surface area contributed by atoms with Crippen LogP contribution in [0.5, 0.6) is 0 Å². The van der Waals surface area contributed by atoms with Crippen LogP contribution in [-0.4, -0.2) is 36.6 Å². The van der Waals surface area contributed by atoms with Gasteiger partial charge in [-0.1, -0.05) is 20.8 Å². The fourth-order valence-corrected chi connectivity index (χ4v) is 1.75. The summed E-state index contributed by atoms with van der Waals surface area (Å²) in [6.07, 6.45) is 1.25. The fourth-order valence-electron chi connectivity index (χ4n) is 1.75. The summed E-state index contributed by atoms with van der Waals surface area (Å²) in [4.78, 5) is 2.54. The molecule has 2 atom stereocenters. The number of likely N-dealkylation sites (N-methyl/N-ethyl adjacent to an activating group) is 2. The lowest BCUT2D eigenvalue weighted by Crippen LogP contribution is -2.47. The van der Waals surface area contributed by atoms with Crippen molar-refractivity contribution in [3.05, 3.63) is 0 Å². The first-order valence-corrected chi connectivity index (χ1v) is 5.64. The molecule has 0 saturated carbocycles. The fraction of sp³-hybridized carbons (Fsp3) is 1.00. The Morgan fingerprint density at radius 3 is 2.15 bits per heavy atom. The lowest BCUT2D eigenvalue weighted by Gasteiger charge is -2.32. The monoisotopic (exact) mass is 186 g/mol. The molecule has 0 amide bonds. The van der Waals surface area contributed by atoms with Gasteiger partial charge in [-0.2, -0.15) is 0 Å². The Hall–Kier alpha value is -0.0800. The van der Waals surface area contributed by atoms with E-state index in [9.17, 15) is 0 Å². The average molecular weight is 186 g/mol. The summed E-state index contributed by atoms with van der Waals surface area (Å²) >= 11 is 0. The number of nitrogens with one attached hydrogen (secondary N) is 1. The van der Waals surface area contributed by atoms with Crippen LogP contribution >= 0.6 is 0 Å². The molecule has 2 nitrogen and oxygen atoms in total. The Labute approximate surface area is 83.7 Å². The van der Waals surface area contributed by atoms with E-state index in [1.54, 1.807) is 0 Å². The van der Waals surface area contributed by atoms with Crippen LogP contribution in [0, 0.1) is 0 Å². The lowest BCUT2D eigenvalue weighted by molar-refractivity contribution is 0.184. The zero-order valence-corrected chi connectivity index (χ0v) is 9.93. The van der Waals surface area contributed by atoms with Gasteiger partial charge in [-0.15, -0.1) is 0 Å². The molecule has 0 radical (unpaired) electrons. The van der Waals surface area contributed by atoms with Gasteiger partial charge in [-0.05, 0) is 39.9 Å². The molecule has 0 spiro atoms. The molecule has 0 aliphatic heterocycles. The van der Waals surface area contributed by atoms with Gasteiger partial charge in [0.05, 0.1) is 0 Å². The van der Waals surface area contributed by atoms with Gasteiger partial charge in [0.1, 0.15) is 0 Å². The minimum Gasteiger partial charge on any atom is -0.313 e. The van der Waals surface area contributed by atoms with E-state index in [1.165, 1.54) is 13.0 Å². The zero-order valence-electron chi connectivity index (χ0n) is 9.93. The summed E-state index contributed by atoms with van der Waals surface area (Å²) in [6.45, 7) is 14.7. The first kappa shape index (κ1) is 12.9. The molecule has 0 aliphatic rings. The molecule has 0 aromatic rings. The van der Waals surface area contributed by atoms with E-state index in [0.29, 0.717) is 12.1 Å². The maximum atomic E-state index is 3.48. The third kappa shape index (κ3) is 4.63. The number of rotatable bonds is 7. The van der Waals surface area contributed by atoms with Crippen LogP contribution < -0.4 is 5.32 Å². The Morgan fingerprint density at radius 2 is 1.77 bits per heavy atom. The number of nitrogens with zero attached hydrogens (tertiary/aromatic N) is 1. The quantitative estimate of drug-likeness (QED) is 0.655. The average Bonchev–Trinajstić information content (AvgIpc) is 2.13. The summed E-state index contributed by atoms with van der Waals surface area (Å²) in [6, 6.07) is 1.24. The van der Waals surface area contributed by atoms with Crippen LogP contribution in [0.1, 0.15) is 41.0 Å². The van der Waals surface area contributed by atoms with Crippen LogP contribution in [0.4, 0.5) is 0 Å². The smallest absolute Gasteiger partial charge is 0.0218 e. The number of hydrogen-bond acceptors (Lipinski definition) is 2. The predicted molar refractivity (Wildman–Crippen MR) is 60.1 cm³/mol. The van der Waals surface area contributed by atoms with Crippen molar-refractivity contribution in [2.75, 3.05) is 19.6 Å². The van der Waals surface area contributed by atoms with Crippen LogP contribution in [-0.2, 0) is 0 Å². The van der Waals surface area contributed by atoms with Crippen molar-refractivity contribution in [2.24, 2.45) is 0 Å².